The molecule has 0 spiro atoms. The minimum absolute atomic E-state index is 0.0495. The Labute approximate surface area is 245 Å². The van der Waals surface area contributed by atoms with Crippen LogP contribution < -0.4 is 10.6 Å². The molecular weight excluding hydrogens is 530 g/mol. The number of fused-ring (bicyclic) bond motifs is 2. The average molecular weight is 568 g/mol. The summed E-state index contributed by atoms with van der Waals surface area (Å²) < 4.78 is 6.75. The van der Waals surface area contributed by atoms with Crippen molar-refractivity contribution in [1.29, 1.82) is 0 Å². The Balaban J connectivity index is 1.46. The van der Waals surface area contributed by atoms with E-state index >= 15 is 0 Å². The number of carbonyl (C=O) groups excluding carboxylic acids is 2. The van der Waals surface area contributed by atoms with Crippen molar-refractivity contribution in [3.63, 3.8) is 0 Å². The van der Waals surface area contributed by atoms with Crippen molar-refractivity contribution in [2.75, 3.05) is 19.4 Å². The van der Waals surface area contributed by atoms with Gasteiger partial charge in [-0.1, -0.05) is 25.1 Å². The Hall–Kier alpha value is -4.57. The fraction of sp³-hybridized carbons (Fsp3) is 0.344. The predicted octanol–water partition coefficient (Wildman–Crippen LogP) is 5.88. The molecule has 0 radical (unpaired) electrons. The Morgan fingerprint density at radius 3 is 2.62 bits per heavy atom. The number of hydrogen-bond donors (Lipinski definition) is 2. The zero-order valence-electron chi connectivity index (χ0n) is 25.1. The molecule has 2 unspecified atom stereocenters. The van der Waals surface area contributed by atoms with E-state index in [9.17, 15) is 9.59 Å². The van der Waals surface area contributed by atoms with Gasteiger partial charge in [-0.15, -0.1) is 0 Å². The molecule has 2 aromatic carbocycles. The first-order valence-electron chi connectivity index (χ1n) is 14.0. The number of benzene rings is 2. The first-order chi connectivity index (χ1) is 19.9. The van der Waals surface area contributed by atoms with Crippen LogP contribution in [0.4, 0.5) is 16.3 Å². The van der Waals surface area contributed by atoms with Gasteiger partial charge in [0.2, 0.25) is 5.91 Å². The molecule has 10 nitrogen and oxygen atoms in total. The van der Waals surface area contributed by atoms with E-state index in [1.807, 2.05) is 95.2 Å². The van der Waals surface area contributed by atoms with Crippen LogP contribution in [0, 0.1) is 5.92 Å². The van der Waals surface area contributed by atoms with E-state index in [0.717, 1.165) is 39.7 Å². The molecule has 0 saturated carbocycles. The fourth-order valence-electron chi connectivity index (χ4n) is 4.59. The van der Waals surface area contributed by atoms with Crippen LogP contribution in [0.1, 0.15) is 46.9 Å². The lowest BCUT2D eigenvalue weighted by Gasteiger charge is -2.25. The van der Waals surface area contributed by atoms with Crippen molar-refractivity contribution in [1.82, 2.24) is 30.0 Å². The molecule has 5 rings (SSSR count). The number of ether oxygens (including phenoxy) is 1. The summed E-state index contributed by atoms with van der Waals surface area (Å²) in [5.41, 5.74) is 3.30. The molecule has 0 saturated heterocycles. The highest BCUT2D eigenvalue weighted by Crippen LogP contribution is 2.31. The molecule has 1 aliphatic rings. The highest BCUT2D eigenvalue weighted by atomic mass is 16.6. The van der Waals surface area contributed by atoms with Crippen LogP contribution in [0.3, 0.4) is 0 Å². The van der Waals surface area contributed by atoms with E-state index in [2.05, 4.69) is 28.7 Å². The van der Waals surface area contributed by atoms with E-state index in [1.54, 1.807) is 6.20 Å². The molecule has 2 aromatic heterocycles. The maximum atomic E-state index is 12.8. The number of allylic oxidation sites excluding steroid dienone is 4. The second-order valence-electron chi connectivity index (χ2n) is 11.9. The summed E-state index contributed by atoms with van der Waals surface area (Å²) >= 11 is 0. The van der Waals surface area contributed by atoms with Gasteiger partial charge in [0.15, 0.2) is 5.82 Å². The number of amides is 1. The van der Waals surface area contributed by atoms with Crippen molar-refractivity contribution in [3.8, 4) is 0 Å². The molecule has 1 amide bonds. The van der Waals surface area contributed by atoms with Crippen LogP contribution in [0.15, 0.2) is 66.5 Å². The standard InChI is InChI=1S/C32H37N7O3/c1-19-12-13-21(17-26(19)36-30(40)20(2)38(6)7)28-35-25-11-9-8-10-24(25)29(37-28)34-23-14-15-27-22(16-23)18-33-39(27)31(41)42-32(3,4)5/h8-11,13-20H,12H2,1-7H3,(H,36,40)(H,34,35,37). The van der Waals surface area contributed by atoms with Gasteiger partial charge in [-0.3, -0.25) is 9.69 Å². The summed E-state index contributed by atoms with van der Waals surface area (Å²) in [5.74, 6) is 1.33. The molecule has 2 N–H and O–H groups in total. The summed E-state index contributed by atoms with van der Waals surface area (Å²) in [5, 5.41) is 12.5. The smallest absolute Gasteiger partial charge is 0.435 e. The summed E-state index contributed by atoms with van der Waals surface area (Å²) in [6.07, 6.45) is 5.95. The number of hydrogen-bond acceptors (Lipinski definition) is 8. The van der Waals surface area contributed by atoms with Crippen molar-refractivity contribution in [2.24, 2.45) is 5.92 Å². The molecule has 1 aliphatic carbocycles. The van der Waals surface area contributed by atoms with Crippen LogP contribution in [0.25, 0.3) is 27.4 Å². The SMILES string of the molecule is CC1CC=C(c2nc(Nc3ccc4c(cnn4C(=O)OC(C)(C)C)c3)c3ccccc3n2)C=C1NC(=O)C(C)N(C)C. The van der Waals surface area contributed by atoms with E-state index in [-0.39, 0.29) is 17.9 Å². The number of likely N-dealkylation sites (N-methyl/N-ethyl adjacent to an activating group) is 1. The van der Waals surface area contributed by atoms with E-state index in [0.29, 0.717) is 17.2 Å². The predicted molar refractivity (Wildman–Crippen MR) is 165 cm³/mol. The molecule has 42 heavy (non-hydrogen) atoms. The van der Waals surface area contributed by atoms with Gasteiger partial charge in [-0.25, -0.2) is 14.8 Å². The Bertz CT molecular complexity index is 1730. The summed E-state index contributed by atoms with van der Waals surface area (Å²) in [6.45, 7) is 9.43. The molecule has 0 fully saturated rings. The number of aromatic nitrogens is 4. The molecule has 4 aromatic rings. The molecular formula is C32H37N7O3. The normalized spacial score (nSPS) is 16.2. The lowest BCUT2D eigenvalue weighted by molar-refractivity contribution is -0.124. The number of nitrogens with one attached hydrogen (secondary N) is 2. The lowest BCUT2D eigenvalue weighted by Crippen LogP contribution is -2.42. The summed E-state index contributed by atoms with van der Waals surface area (Å²) in [7, 11) is 3.77. The average Bonchev–Trinajstić information content (AvgIpc) is 3.36. The van der Waals surface area contributed by atoms with E-state index in [1.165, 1.54) is 4.68 Å². The van der Waals surface area contributed by atoms with E-state index in [4.69, 9.17) is 14.7 Å². The van der Waals surface area contributed by atoms with Gasteiger partial charge in [0.1, 0.15) is 11.4 Å². The largest absolute Gasteiger partial charge is 0.442 e. The summed E-state index contributed by atoms with van der Waals surface area (Å²) in [4.78, 5) is 37.1. The number of para-hydroxylation sites is 1. The Morgan fingerprint density at radius 1 is 1.12 bits per heavy atom. The second-order valence-corrected chi connectivity index (χ2v) is 11.9. The van der Waals surface area contributed by atoms with Gasteiger partial charge in [-0.05, 0) is 90.5 Å². The lowest BCUT2D eigenvalue weighted by atomic mass is 9.94. The zero-order valence-corrected chi connectivity index (χ0v) is 25.1. The topological polar surface area (TPSA) is 114 Å². The minimum atomic E-state index is -0.624. The highest BCUT2D eigenvalue weighted by molar-refractivity contribution is 5.94. The van der Waals surface area contributed by atoms with Crippen LogP contribution in [0.2, 0.25) is 0 Å². The number of rotatable bonds is 6. The molecule has 2 heterocycles. The second kappa shape index (κ2) is 11.4. The number of nitrogens with zero attached hydrogens (tertiary/aromatic N) is 5. The van der Waals surface area contributed by atoms with Crippen molar-refractivity contribution >= 4 is 50.9 Å². The summed E-state index contributed by atoms with van der Waals surface area (Å²) in [6, 6.07) is 13.2. The van der Waals surface area contributed by atoms with E-state index < -0.39 is 11.7 Å². The number of carbonyl (C=O) groups is 2. The van der Waals surface area contributed by atoms with Gasteiger partial charge in [0, 0.05) is 27.7 Å². The highest BCUT2D eigenvalue weighted by Gasteiger charge is 2.23. The Morgan fingerprint density at radius 2 is 1.88 bits per heavy atom. The maximum Gasteiger partial charge on any atom is 0.435 e. The first-order valence-corrected chi connectivity index (χ1v) is 14.0. The number of anilines is 2. The van der Waals surface area contributed by atoms with Crippen LogP contribution >= 0.6 is 0 Å². The first kappa shape index (κ1) is 28.9. The van der Waals surface area contributed by atoms with Crippen molar-refractivity contribution in [2.45, 2.75) is 52.7 Å². The molecule has 218 valence electrons. The third-order valence-corrected chi connectivity index (χ3v) is 7.21. The fourth-order valence-corrected chi connectivity index (χ4v) is 4.59. The van der Waals surface area contributed by atoms with Gasteiger partial charge in [-0.2, -0.15) is 9.78 Å². The third-order valence-electron chi connectivity index (χ3n) is 7.21. The quantitative estimate of drug-likeness (QED) is 0.297. The van der Waals surface area contributed by atoms with Crippen LogP contribution in [0.5, 0.6) is 0 Å². The minimum Gasteiger partial charge on any atom is -0.442 e. The van der Waals surface area contributed by atoms with Crippen molar-refractivity contribution < 1.29 is 14.3 Å². The maximum absolute atomic E-state index is 12.8. The molecule has 0 aliphatic heterocycles. The molecule has 10 heteroatoms. The molecule has 0 bridgehead atoms. The zero-order chi connectivity index (χ0) is 30.2. The molecule has 2 atom stereocenters. The third kappa shape index (κ3) is 6.18. The van der Waals surface area contributed by atoms with Crippen LogP contribution in [-0.2, 0) is 9.53 Å². The van der Waals surface area contributed by atoms with Gasteiger partial charge >= 0.3 is 6.09 Å². The van der Waals surface area contributed by atoms with Gasteiger partial charge in [0.25, 0.3) is 0 Å². The van der Waals surface area contributed by atoms with Crippen LogP contribution in [-0.4, -0.2) is 62.4 Å². The van der Waals surface area contributed by atoms with Gasteiger partial charge < -0.3 is 15.4 Å². The van der Waals surface area contributed by atoms with Crippen molar-refractivity contribution in [3.05, 3.63) is 72.3 Å². The Kier molecular flexibility index (Phi) is 7.83. The van der Waals surface area contributed by atoms with Gasteiger partial charge in [0.05, 0.1) is 23.3 Å². The monoisotopic (exact) mass is 567 g/mol.